The Bertz CT molecular complexity index is 1090. The largest absolute Gasteiger partial charge is 0.501 e. The Morgan fingerprint density at radius 1 is 1.21 bits per heavy atom. The van der Waals surface area contributed by atoms with Crippen LogP contribution in [0.2, 0.25) is 0 Å². The van der Waals surface area contributed by atoms with Crippen molar-refractivity contribution in [2.75, 3.05) is 19.0 Å². The third-order valence-corrected chi connectivity index (χ3v) is 5.13. The molecule has 148 valence electrons. The Hall–Kier alpha value is -3.25. The lowest BCUT2D eigenvalue weighted by Gasteiger charge is -2.16. The van der Waals surface area contributed by atoms with Crippen LogP contribution < -0.4 is 5.32 Å². The number of hydrogen-bond acceptors (Lipinski definition) is 6. The van der Waals surface area contributed by atoms with Crippen molar-refractivity contribution in [2.24, 2.45) is 0 Å². The van der Waals surface area contributed by atoms with Crippen LogP contribution >= 0.6 is 0 Å². The van der Waals surface area contributed by atoms with Crippen LogP contribution in [0.1, 0.15) is 25.1 Å². The van der Waals surface area contributed by atoms with Gasteiger partial charge in [-0.15, -0.1) is 0 Å². The first-order valence-corrected chi connectivity index (χ1v) is 9.70. The van der Waals surface area contributed by atoms with Crippen molar-refractivity contribution >= 4 is 22.4 Å². The van der Waals surface area contributed by atoms with E-state index in [0.29, 0.717) is 0 Å². The van der Waals surface area contributed by atoms with E-state index >= 15 is 0 Å². The van der Waals surface area contributed by atoms with E-state index in [-0.39, 0.29) is 0 Å². The Labute approximate surface area is 171 Å². The molecule has 4 rings (SSSR count). The summed E-state index contributed by atoms with van der Waals surface area (Å²) in [6, 6.07) is 10.2. The molecule has 6 heteroatoms. The summed E-state index contributed by atoms with van der Waals surface area (Å²) in [5.41, 5.74) is 5.34. The van der Waals surface area contributed by atoms with Crippen LogP contribution in [0.15, 0.2) is 66.3 Å². The van der Waals surface area contributed by atoms with Gasteiger partial charge in [-0.1, -0.05) is 24.3 Å². The van der Waals surface area contributed by atoms with Gasteiger partial charge in [0.1, 0.15) is 12.1 Å². The van der Waals surface area contributed by atoms with Crippen molar-refractivity contribution in [1.29, 1.82) is 0 Å². The summed E-state index contributed by atoms with van der Waals surface area (Å²) >= 11 is 0. The van der Waals surface area contributed by atoms with Crippen molar-refractivity contribution in [3.05, 3.63) is 77.6 Å². The Kier molecular flexibility index (Phi) is 5.53. The molecule has 3 aromatic rings. The number of aromatic nitrogens is 3. The summed E-state index contributed by atoms with van der Waals surface area (Å²) in [7, 11) is 1.69. The second-order valence-corrected chi connectivity index (χ2v) is 7.16. The summed E-state index contributed by atoms with van der Waals surface area (Å²) < 4.78 is 5.29. The number of nitrogens with one attached hydrogen (secondary N) is 1. The number of hydrogen-bond donors (Lipinski definition) is 1. The highest BCUT2D eigenvalue weighted by Gasteiger charge is 2.24. The monoisotopic (exact) mass is 387 g/mol. The molecule has 1 aliphatic heterocycles. The van der Waals surface area contributed by atoms with Gasteiger partial charge in [-0.3, -0.25) is 9.88 Å². The quantitative estimate of drug-likeness (QED) is 0.493. The van der Waals surface area contributed by atoms with Crippen LogP contribution in [0, 0.1) is 0 Å². The molecule has 29 heavy (non-hydrogen) atoms. The van der Waals surface area contributed by atoms with Crippen LogP contribution in [-0.4, -0.2) is 33.5 Å². The fraction of sp³-hybridized carbons (Fsp3) is 0.261. The maximum Gasteiger partial charge on any atom is 0.138 e. The van der Waals surface area contributed by atoms with Crippen LogP contribution in [0.5, 0.6) is 0 Å². The van der Waals surface area contributed by atoms with Gasteiger partial charge in [0.05, 0.1) is 36.0 Å². The van der Waals surface area contributed by atoms with Crippen LogP contribution in [0.3, 0.4) is 0 Å². The van der Waals surface area contributed by atoms with Crippen molar-refractivity contribution in [3.63, 3.8) is 0 Å². The van der Waals surface area contributed by atoms with Crippen LogP contribution in [-0.2, 0) is 17.8 Å². The van der Waals surface area contributed by atoms with Gasteiger partial charge in [-0.05, 0) is 37.6 Å². The summed E-state index contributed by atoms with van der Waals surface area (Å²) in [6.45, 7) is 6.46. The number of anilines is 2. The van der Waals surface area contributed by atoms with Gasteiger partial charge < -0.3 is 10.1 Å². The summed E-state index contributed by atoms with van der Waals surface area (Å²) in [4.78, 5) is 15.9. The van der Waals surface area contributed by atoms with E-state index in [1.165, 1.54) is 5.57 Å². The zero-order valence-corrected chi connectivity index (χ0v) is 17.0. The third-order valence-electron chi connectivity index (χ3n) is 5.13. The van der Waals surface area contributed by atoms with Crippen molar-refractivity contribution in [3.8, 4) is 0 Å². The van der Waals surface area contributed by atoms with E-state index in [0.717, 1.165) is 59.1 Å². The number of para-hydroxylation sites is 1. The highest BCUT2D eigenvalue weighted by atomic mass is 16.5. The second-order valence-electron chi connectivity index (χ2n) is 7.16. The number of benzene rings is 1. The van der Waals surface area contributed by atoms with Gasteiger partial charge in [-0.2, -0.15) is 0 Å². The second kappa shape index (κ2) is 8.41. The lowest BCUT2D eigenvalue weighted by Crippen LogP contribution is -2.19. The molecule has 1 aliphatic rings. The molecule has 2 aromatic heterocycles. The van der Waals surface area contributed by atoms with Crippen molar-refractivity contribution < 1.29 is 4.74 Å². The molecule has 0 saturated carbocycles. The van der Waals surface area contributed by atoms with E-state index in [2.05, 4.69) is 56.4 Å². The van der Waals surface area contributed by atoms with Crippen LogP contribution in [0.25, 0.3) is 10.9 Å². The maximum absolute atomic E-state index is 5.29. The normalized spacial score (nSPS) is 14.9. The van der Waals surface area contributed by atoms with Crippen LogP contribution in [0.4, 0.5) is 11.5 Å². The fourth-order valence-electron chi connectivity index (χ4n) is 3.54. The zero-order valence-electron chi connectivity index (χ0n) is 17.0. The Morgan fingerprint density at radius 2 is 2.07 bits per heavy atom. The van der Waals surface area contributed by atoms with Gasteiger partial charge in [0.15, 0.2) is 0 Å². The highest BCUT2D eigenvalue weighted by molar-refractivity contribution is 5.82. The van der Waals surface area contributed by atoms with E-state index in [1.807, 2.05) is 31.3 Å². The molecular formula is C23H25N5O. The Balaban J connectivity index is 1.52. The summed E-state index contributed by atoms with van der Waals surface area (Å²) in [6.07, 6.45) is 7.68. The summed E-state index contributed by atoms with van der Waals surface area (Å²) in [5.74, 6) is 1.75. The smallest absolute Gasteiger partial charge is 0.138 e. The molecule has 0 radical (unpaired) electrons. The first-order chi connectivity index (χ1) is 14.2. The molecule has 1 aromatic carbocycles. The molecule has 0 saturated heterocycles. The molecule has 0 aliphatic carbocycles. The fourth-order valence-corrected chi connectivity index (χ4v) is 3.54. The number of rotatable bonds is 6. The molecule has 6 nitrogen and oxygen atoms in total. The molecule has 0 spiro atoms. The number of pyridine rings is 1. The number of allylic oxidation sites excluding steroid dienone is 2. The first kappa shape index (κ1) is 19.1. The zero-order chi connectivity index (χ0) is 20.2. The van der Waals surface area contributed by atoms with E-state index in [4.69, 9.17) is 4.74 Å². The molecule has 0 unspecified atom stereocenters. The number of methoxy groups -OCH3 is 1. The molecule has 3 heterocycles. The molecule has 0 amide bonds. The number of nitrogens with zero attached hydrogens (tertiary/aromatic N) is 4. The van der Waals surface area contributed by atoms with Gasteiger partial charge >= 0.3 is 0 Å². The van der Waals surface area contributed by atoms with Crippen molar-refractivity contribution in [2.45, 2.75) is 26.9 Å². The minimum absolute atomic E-state index is 0.802. The van der Waals surface area contributed by atoms with E-state index < -0.39 is 0 Å². The minimum atomic E-state index is 0.802. The van der Waals surface area contributed by atoms with Gasteiger partial charge in [-0.25, -0.2) is 9.97 Å². The first-order valence-electron chi connectivity index (χ1n) is 9.70. The van der Waals surface area contributed by atoms with E-state index in [9.17, 15) is 0 Å². The standard InChI is InChI=1S/C23H25N5O/c1-4-17(9-16(2)29-3)12-28-13-20-22(14-28)25-15-26-23(20)27-19-10-18-7-5-6-8-21(18)24-11-19/h4-11,15H,12-14H2,1-3H3,(H,25,26,27). The summed E-state index contributed by atoms with van der Waals surface area (Å²) in [5, 5.41) is 4.54. The van der Waals surface area contributed by atoms with E-state index in [1.54, 1.807) is 13.4 Å². The predicted molar refractivity (Wildman–Crippen MR) is 116 cm³/mol. The molecule has 0 bridgehead atoms. The molecule has 0 atom stereocenters. The third kappa shape index (κ3) is 4.27. The van der Waals surface area contributed by atoms with Gasteiger partial charge in [0.25, 0.3) is 0 Å². The van der Waals surface area contributed by atoms with Gasteiger partial charge in [0.2, 0.25) is 0 Å². The van der Waals surface area contributed by atoms with Crippen molar-refractivity contribution in [1.82, 2.24) is 19.9 Å². The Morgan fingerprint density at radius 3 is 2.90 bits per heavy atom. The number of fused-ring (bicyclic) bond motifs is 2. The molecular weight excluding hydrogens is 362 g/mol. The minimum Gasteiger partial charge on any atom is -0.501 e. The average Bonchev–Trinajstić information content (AvgIpc) is 3.16. The maximum atomic E-state index is 5.29. The highest BCUT2D eigenvalue weighted by Crippen LogP contribution is 2.29. The topological polar surface area (TPSA) is 63.2 Å². The lowest BCUT2D eigenvalue weighted by molar-refractivity contribution is 0.289. The SMILES string of the molecule is CC=C(C=C(C)OC)CN1Cc2ncnc(Nc3cnc4ccccc4c3)c2C1. The average molecular weight is 387 g/mol. The predicted octanol–water partition coefficient (Wildman–Crippen LogP) is 4.58. The molecule has 0 fully saturated rings. The van der Waals surface area contributed by atoms with Gasteiger partial charge in [0, 0.05) is 30.6 Å². The number of ether oxygens (including phenoxy) is 1. The lowest BCUT2D eigenvalue weighted by atomic mass is 10.2. The molecule has 1 N–H and O–H groups in total.